The molecule has 0 saturated carbocycles. The summed E-state index contributed by atoms with van der Waals surface area (Å²) in [5, 5.41) is 33.8. The van der Waals surface area contributed by atoms with Crippen LogP contribution in [0, 0.1) is 0 Å². The molecular formula is C29H22F6N8O6S. The van der Waals surface area contributed by atoms with Crippen LogP contribution in [0.3, 0.4) is 0 Å². The lowest BCUT2D eigenvalue weighted by atomic mass is 10.1. The fourth-order valence-corrected chi connectivity index (χ4v) is 6.33. The third-order valence-electron chi connectivity index (χ3n) is 7.26. The first-order valence-corrected chi connectivity index (χ1v) is 15.6. The van der Waals surface area contributed by atoms with Crippen LogP contribution in [-0.2, 0) is 22.4 Å². The highest BCUT2D eigenvalue weighted by Gasteiger charge is 2.37. The standard InChI is InChI=1S/C29H22F6N8O6S/c1-3-41(4-2)50(48,49)17-11-22(24-13-42(39-37-24)15-5-7-18(26(44)45)20(9-15)28(30,31)32)36-23(12-17)25-14-43(40-38-25)16-6-8-19(27(46)47)21(10-16)29(33,34)35/h5-14H,3-4H2,1-2H3,(H,44,45)(H,46,47). The Bertz CT molecular complexity index is 2100. The first-order chi connectivity index (χ1) is 23.3. The number of pyridine rings is 1. The summed E-state index contributed by atoms with van der Waals surface area (Å²) in [4.78, 5) is 26.8. The summed E-state index contributed by atoms with van der Waals surface area (Å²) >= 11 is 0. The lowest BCUT2D eigenvalue weighted by molar-refractivity contribution is -0.138. The highest BCUT2D eigenvalue weighted by molar-refractivity contribution is 7.89. The topological polar surface area (TPSA) is 186 Å². The summed E-state index contributed by atoms with van der Waals surface area (Å²) in [6.07, 6.45) is -7.81. The van der Waals surface area contributed by atoms with Gasteiger partial charge in [-0.15, -0.1) is 10.2 Å². The maximum atomic E-state index is 13.6. The number of carboxylic acid groups (broad SMARTS) is 2. The van der Waals surface area contributed by atoms with Crippen LogP contribution in [0.25, 0.3) is 34.2 Å². The van der Waals surface area contributed by atoms with Crippen molar-refractivity contribution in [1.82, 2.24) is 39.3 Å². The van der Waals surface area contributed by atoms with Crippen molar-refractivity contribution in [3.05, 3.63) is 83.2 Å². The number of sulfonamides is 1. The Kier molecular flexibility index (Phi) is 9.23. The van der Waals surface area contributed by atoms with Crippen molar-refractivity contribution >= 4 is 22.0 Å². The number of hydrogen-bond acceptors (Lipinski definition) is 9. The molecule has 0 aliphatic rings. The molecule has 0 unspecified atom stereocenters. The van der Waals surface area contributed by atoms with Crippen molar-refractivity contribution in [2.24, 2.45) is 0 Å². The molecule has 0 spiro atoms. The summed E-state index contributed by atoms with van der Waals surface area (Å²) in [7, 11) is -4.20. The molecule has 5 aromatic rings. The third-order valence-corrected chi connectivity index (χ3v) is 9.29. The fraction of sp³-hybridized carbons (Fsp3) is 0.207. The van der Waals surface area contributed by atoms with E-state index >= 15 is 0 Å². The fourth-order valence-electron chi connectivity index (χ4n) is 4.84. The molecule has 0 aliphatic heterocycles. The van der Waals surface area contributed by atoms with E-state index in [9.17, 15) is 54.6 Å². The number of carboxylic acids is 2. The molecule has 0 radical (unpaired) electrons. The zero-order valence-corrected chi connectivity index (χ0v) is 26.3. The molecule has 0 saturated heterocycles. The first kappa shape index (κ1) is 35.6. The van der Waals surface area contributed by atoms with Crippen LogP contribution in [0.5, 0.6) is 0 Å². The van der Waals surface area contributed by atoms with E-state index in [4.69, 9.17) is 0 Å². The zero-order valence-electron chi connectivity index (χ0n) is 25.5. The number of hydrogen-bond donors (Lipinski definition) is 2. The van der Waals surface area contributed by atoms with Gasteiger partial charge in [0, 0.05) is 13.1 Å². The number of benzene rings is 2. The van der Waals surface area contributed by atoms with Crippen molar-refractivity contribution in [2.45, 2.75) is 31.1 Å². The average Bonchev–Trinajstić information content (AvgIpc) is 3.75. The van der Waals surface area contributed by atoms with Gasteiger partial charge in [-0.1, -0.05) is 24.3 Å². The van der Waals surface area contributed by atoms with E-state index < -0.39 is 56.6 Å². The van der Waals surface area contributed by atoms with Gasteiger partial charge in [-0.25, -0.2) is 32.4 Å². The van der Waals surface area contributed by atoms with Crippen molar-refractivity contribution in [3.63, 3.8) is 0 Å². The monoisotopic (exact) mass is 724 g/mol. The largest absolute Gasteiger partial charge is 0.478 e. The van der Waals surface area contributed by atoms with Gasteiger partial charge in [-0.3, -0.25) is 0 Å². The first-order valence-electron chi connectivity index (χ1n) is 14.1. The molecule has 0 atom stereocenters. The van der Waals surface area contributed by atoms with Gasteiger partial charge < -0.3 is 10.2 Å². The van der Waals surface area contributed by atoms with Crippen LogP contribution in [0.15, 0.2) is 65.8 Å². The summed E-state index contributed by atoms with van der Waals surface area (Å²) in [5.74, 6) is -3.61. The Hall–Kier alpha value is -5.70. The predicted molar refractivity (Wildman–Crippen MR) is 159 cm³/mol. The maximum Gasteiger partial charge on any atom is 0.417 e. The highest BCUT2D eigenvalue weighted by atomic mass is 32.2. The van der Waals surface area contributed by atoms with E-state index in [1.165, 1.54) is 0 Å². The van der Waals surface area contributed by atoms with Crippen LogP contribution < -0.4 is 0 Å². The second kappa shape index (κ2) is 13.0. The summed E-state index contributed by atoms with van der Waals surface area (Å²) in [6, 6.07) is 6.96. The van der Waals surface area contributed by atoms with E-state index in [0.717, 1.165) is 62.5 Å². The Morgan fingerprint density at radius 3 is 1.44 bits per heavy atom. The van der Waals surface area contributed by atoms with E-state index in [1.807, 2.05) is 0 Å². The van der Waals surface area contributed by atoms with Gasteiger partial charge in [0.1, 0.15) is 11.4 Å². The summed E-state index contributed by atoms with van der Waals surface area (Å²) in [5.41, 5.74) is -5.94. The Morgan fingerprint density at radius 2 is 1.10 bits per heavy atom. The van der Waals surface area contributed by atoms with Gasteiger partial charge >= 0.3 is 24.3 Å². The molecule has 0 amide bonds. The molecule has 50 heavy (non-hydrogen) atoms. The molecule has 0 fully saturated rings. The maximum absolute atomic E-state index is 13.6. The van der Waals surface area contributed by atoms with Crippen molar-refractivity contribution in [2.75, 3.05) is 13.1 Å². The lowest BCUT2D eigenvalue weighted by Crippen LogP contribution is -2.30. The molecule has 2 N–H and O–H groups in total. The van der Waals surface area contributed by atoms with Crippen LogP contribution in [0.1, 0.15) is 45.7 Å². The SMILES string of the molecule is CCN(CC)S(=O)(=O)c1cc(-c2cn(-c3ccc(C(=O)O)c(C(F)(F)F)c3)nn2)nc(-c2cn(-c3ccc(C(=O)O)c(C(F)(F)F)c3)nn2)c1. The second-order valence-corrected chi connectivity index (χ2v) is 12.3. The number of aromatic nitrogens is 7. The third kappa shape index (κ3) is 6.89. The number of carbonyl (C=O) groups is 2. The van der Waals surface area contributed by atoms with Crippen molar-refractivity contribution in [1.29, 1.82) is 0 Å². The number of rotatable bonds is 10. The quantitative estimate of drug-likeness (QED) is 0.184. The molecule has 3 aromatic heterocycles. The van der Waals surface area contributed by atoms with Crippen LogP contribution in [0.2, 0.25) is 0 Å². The zero-order chi connectivity index (χ0) is 36.8. The minimum Gasteiger partial charge on any atom is -0.478 e. The van der Waals surface area contributed by atoms with Crippen molar-refractivity contribution in [3.8, 4) is 34.2 Å². The molecule has 0 aliphatic carbocycles. The Labute approximate surface area is 277 Å². The average molecular weight is 725 g/mol. The lowest BCUT2D eigenvalue weighted by Gasteiger charge is -2.19. The van der Waals surface area contributed by atoms with Gasteiger partial charge in [0.2, 0.25) is 10.0 Å². The smallest absolute Gasteiger partial charge is 0.417 e. The molecule has 3 heterocycles. The second-order valence-electron chi connectivity index (χ2n) is 10.3. The normalized spacial score (nSPS) is 12.4. The molecule has 21 heteroatoms. The number of nitrogens with zero attached hydrogens (tertiary/aromatic N) is 8. The number of aromatic carboxylic acids is 2. The van der Waals surface area contributed by atoms with Gasteiger partial charge in [-0.05, 0) is 48.5 Å². The van der Waals surface area contributed by atoms with Gasteiger partial charge in [0.15, 0.2) is 0 Å². The van der Waals surface area contributed by atoms with Gasteiger partial charge in [-0.2, -0.15) is 30.6 Å². The minimum absolute atomic E-state index is 0.0694. The Balaban J connectivity index is 1.63. The van der Waals surface area contributed by atoms with Crippen LogP contribution >= 0.6 is 0 Å². The molecular weight excluding hydrogens is 702 g/mol. The Morgan fingerprint density at radius 1 is 0.700 bits per heavy atom. The van der Waals surface area contributed by atoms with E-state index in [2.05, 4.69) is 25.6 Å². The summed E-state index contributed by atoms with van der Waals surface area (Å²) in [6.45, 7) is 3.33. The minimum atomic E-state index is -5.03. The van der Waals surface area contributed by atoms with E-state index in [1.54, 1.807) is 13.8 Å². The van der Waals surface area contributed by atoms with E-state index in [0.29, 0.717) is 12.1 Å². The van der Waals surface area contributed by atoms with Gasteiger partial charge in [0.05, 0.1) is 62.3 Å². The van der Waals surface area contributed by atoms with Crippen LogP contribution in [0.4, 0.5) is 26.3 Å². The number of alkyl halides is 6. The molecule has 0 bridgehead atoms. The van der Waals surface area contributed by atoms with Crippen molar-refractivity contribution < 1.29 is 54.6 Å². The summed E-state index contributed by atoms with van der Waals surface area (Å²) < 4.78 is 112. The van der Waals surface area contributed by atoms with Crippen LogP contribution in [-0.4, -0.2) is 82.9 Å². The molecule has 2 aromatic carbocycles. The van der Waals surface area contributed by atoms with E-state index in [-0.39, 0.29) is 52.1 Å². The van der Waals surface area contributed by atoms with Gasteiger partial charge in [0.25, 0.3) is 0 Å². The molecule has 5 rings (SSSR count). The highest BCUT2D eigenvalue weighted by Crippen LogP contribution is 2.35. The molecule has 262 valence electrons. The molecule has 14 nitrogen and oxygen atoms in total. The predicted octanol–water partition coefficient (Wildman–Crippen LogP) is 5.04. The number of halogens is 6.